The molecule has 1 N–H and O–H groups in total. The number of anilines is 1. The molecule has 0 spiro atoms. The van der Waals surface area contributed by atoms with Gasteiger partial charge >= 0.3 is 0 Å². The second-order valence-electron chi connectivity index (χ2n) is 4.77. The zero-order valence-corrected chi connectivity index (χ0v) is 12.1. The van der Waals surface area contributed by atoms with Gasteiger partial charge in [-0.15, -0.1) is 0 Å². The molecule has 98 valence electrons. The van der Waals surface area contributed by atoms with Gasteiger partial charge in [0.1, 0.15) is 5.60 Å². The number of amides is 1. The number of carbonyl (C=O) groups is 1. The third-order valence-corrected chi connectivity index (χ3v) is 3.69. The molecule has 0 radical (unpaired) electrons. The number of benzene rings is 1. The molecular weight excluding hydrogens is 294 g/mol. The zero-order valence-electron chi connectivity index (χ0n) is 10.5. The van der Waals surface area contributed by atoms with Crippen molar-refractivity contribution in [1.29, 1.82) is 0 Å². The molecule has 1 atom stereocenters. The Morgan fingerprint density at radius 1 is 1.44 bits per heavy atom. The first kappa shape index (κ1) is 13.6. The second-order valence-corrected chi connectivity index (χ2v) is 5.57. The molecule has 3 nitrogen and oxygen atoms in total. The Kier molecular flexibility index (Phi) is 4.40. The number of alkyl halides is 1. The van der Waals surface area contributed by atoms with Crippen LogP contribution in [0, 0.1) is 0 Å². The smallest absolute Gasteiger partial charge is 0.256 e. The maximum absolute atomic E-state index is 12.1. The highest BCUT2D eigenvalue weighted by atomic mass is 79.9. The SMILES string of the molecule is CC1(C(=O)Nc2ccc(CCBr)cc2)CCCO1. The summed E-state index contributed by atoms with van der Waals surface area (Å²) in [6.07, 6.45) is 2.74. The zero-order chi connectivity index (χ0) is 13.0. The standard InChI is InChI=1S/C14H18BrNO2/c1-14(8-2-10-18-14)13(17)16-12-5-3-11(4-6-12)7-9-15/h3-6H,2,7-10H2,1H3,(H,16,17). The van der Waals surface area contributed by atoms with Gasteiger partial charge in [0.05, 0.1) is 0 Å². The topological polar surface area (TPSA) is 38.3 Å². The van der Waals surface area contributed by atoms with Gasteiger partial charge in [0.25, 0.3) is 5.91 Å². The van der Waals surface area contributed by atoms with Crippen LogP contribution < -0.4 is 5.32 Å². The number of carbonyl (C=O) groups excluding carboxylic acids is 1. The first-order valence-electron chi connectivity index (χ1n) is 6.24. The highest BCUT2D eigenvalue weighted by Crippen LogP contribution is 2.26. The van der Waals surface area contributed by atoms with Crippen LogP contribution >= 0.6 is 15.9 Å². The molecular formula is C14H18BrNO2. The molecule has 1 aliphatic heterocycles. The first-order chi connectivity index (χ1) is 8.64. The molecule has 2 rings (SSSR count). The molecule has 1 amide bonds. The summed E-state index contributed by atoms with van der Waals surface area (Å²) in [5, 5.41) is 3.87. The van der Waals surface area contributed by atoms with Crippen LogP contribution in [0.2, 0.25) is 0 Å². The molecule has 0 bridgehead atoms. The summed E-state index contributed by atoms with van der Waals surface area (Å²) in [7, 11) is 0. The van der Waals surface area contributed by atoms with Crippen molar-refractivity contribution in [1.82, 2.24) is 0 Å². The van der Waals surface area contributed by atoms with Crippen LogP contribution in [0.5, 0.6) is 0 Å². The Hall–Kier alpha value is -0.870. The highest BCUT2D eigenvalue weighted by Gasteiger charge is 2.37. The number of aryl methyl sites for hydroxylation is 1. The minimum Gasteiger partial charge on any atom is -0.365 e. The Morgan fingerprint density at radius 3 is 2.72 bits per heavy atom. The Morgan fingerprint density at radius 2 is 2.17 bits per heavy atom. The Balaban J connectivity index is 1.98. The summed E-state index contributed by atoms with van der Waals surface area (Å²) in [4.78, 5) is 12.1. The molecule has 1 aromatic carbocycles. The van der Waals surface area contributed by atoms with Gasteiger partial charge < -0.3 is 10.1 Å². The molecule has 0 saturated carbocycles. The van der Waals surface area contributed by atoms with Crippen LogP contribution in [0.3, 0.4) is 0 Å². The van der Waals surface area contributed by atoms with E-state index in [0.717, 1.165) is 30.3 Å². The van der Waals surface area contributed by atoms with Crippen molar-refractivity contribution in [2.75, 3.05) is 17.3 Å². The minimum absolute atomic E-state index is 0.0479. The van der Waals surface area contributed by atoms with Crippen molar-refractivity contribution in [3.63, 3.8) is 0 Å². The van der Waals surface area contributed by atoms with Crippen LogP contribution in [0.15, 0.2) is 24.3 Å². The Bertz CT molecular complexity index is 410. The van der Waals surface area contributed by atoms with Crippen molar-refractivity contribution in [2.45, 2.75) is 31.8 Å². The van der Waals surface area contributed by atoms with Crippen LogP contribution in [0.1, 0.15) is 25.3 Å². The van der Waals surface area contributed by atoms with Gasteiger partial charge in [0, 0.05) is 17.6 Å². The molecule has 1 aliphatic rings. The minimum atomic E-state index is -0.658. The number of nitrogens with one attached hydrogen (secondary N) is 1. The van der Waals surface area contributed by atoms with E-state index in [9.17, 15) is 4.79 Å². The summed E-state index contributed by atoms with van der Waals surface area (Å²) >= 11 is 3.41. The lowest BCUT2D eigenvalue weighted by molar-refractivity contribution is -0.133. The van der Waals surface area contributed by atoms with Crippen LogP contribution in [0.4, 0.5) is 5.69 Å². The predicted molar refractivity (Wildman–Crippen MR) is 76.2 cm³/mol. The number of ether oxygens (including phenoxy) is 1. The molecule has 18 heavy (non-hydrogen) atoms. The molecule has 1 saturated heterocycles. The monoisotopic (exact) mass is 311 g/mol. The van der Waals surface area contributed by atoms with E-state index in [1.165, 1.54) is 5.56 Å². The van der Waals surface area contributed by atoms with Gasteiger partial charge in [-0.2, -0.15) is 0 Å². The fourth-order valence-corrected chi connectivity index (χ4v) is 2.54. The number of hydrogen-bond acceptors (Lipinski definition) is 2. The maximum atomic E-state index is 12.1. The predicted octanol–water partition coefficient (Wildman–Crippen LogP) is 3.13. The molecule has 1 heterocycles. The molecule has 1 fully saturated rings. The van der Waals surface area contributed by atoms with Gasteiger partial charge in [0.2, 0.25) is 0 Å². The van der Waals surface area contributed by atoms with E-state index in [4.69, 9.17) is 4.74 Å². The second kappa shape index (κ2) is 5.85. The van der Waals surface area contributed by atoms with Gasteiger partial charge in [0.15, 0.2) is 0 Å². The Labute approximate surface area is 116 Å². The summed E-state index contributed by atoms with van der Waals surface area (Å²) in [5.41, 5.74) is 1.43. The molecule has 0 aromatic heterocycles. The van der Waals surface area contributed by atoms with E-state index in [0.29, 0.717) is 6.61 Å². The molecule has 1 aromatic rings. The van der Waals surface area contributed by atoms with E-state index >= 15 is 0 Å². The van der Waals surface area contributed by atoms with Gasteiger partial charge in [-0.05, 0) is 43.9 Å². The third kappa shape index (κ3) is 3.12. The van der Waals surface area contributed by atoms with Crippen LogP contribution in [-0.2, 0) is 16.0 Å². The lowest BCUT2D eigenvalue weighted by Gasteiger charge is -2.21. The maximum Gasteiger partial charge on any atom is 0.256 e. The lowest BCUT2D eigenvalue weighted by Crippen LogP contribution is -2.39. The quantitative estimate of drug-likeness (QED) is 0.868. The van der Waals surface area contributed by atoms with Gasteiger partial charge in [-0.3, -0.25) is 4.79 Å². The average molecular weight is 312 g/mol. The van der Waals surface area contributed by atoms with E-state index in [1.807, 2.05) is 31.2 Å². The first-order valence-corrected chi connectivity index (χ1v) is 7.36. The van der Waals surface area contributed by atoms with Crippen molar-refractivity contribution >= 4 is 27.5 Å². The summed E-state index contributed by atoms with van der Waals surface area (Å²) in [5.74, 6) is -0.0479. The van der Waals surface area contributed by atoms with E-state index in [-0.39, 0.29) is 5.91 Å². The third-order valence-electron chi connectivity index (χ3n) is 3.29. The normalized spacial score (nSPS) is 23.0. The van der Waals surface area contributed by atoms with Crippen molar-refractivity contribution in [3.05, 3.63) is 29.8 Å². The van der Waals surface area contributed by atoms with E-state index in [2.05, 4.69) is 21.2 Å². The highest BCUT2D eigenvalue weighted by molar-refractivity contribution is 9.09. The fourth-order valence-electron chi connectivity index (χ4n) is 2.09. The summed E-state index contributed by atoms with van der Waals surface area (Å²) in [6, 6.07) is 7.95. The van der Waals surface area contributed by atoms with E-state index < -0.39 is 5.60 Å². The molecule has 1 unspecified atom stereocenters. The van der Waals surface area contributed by atoms with Crippen molar-refractivity contribution < 1.29 is 9.53 Å². The van der Waals surface area contributed by atoms with Crippen LogP contribution in [-0.4, -0.2) is 23.4 Å². The number of hydrogen-bond donors (Lipinski definition) is 1. The molecule has 4 heteroatoms. The largest absolute Gasteiger partial charge is 0.365 e. The summed E-state index contributed by atoms with van der Waals surface area (Å²) in [6.45, 7) is 2.53. The van der Waals surface area contributed by atoms with Crippen molar-refractivity contribution in [2.24, 2.45) is 0 Å². The lowest BCUT2D eigenvalue weighted by atomic mass is 10.0. The number of rotatable bonds is 4. The van der Waals surface area contributed by atoms with Crippen molar-refractivity contribution in [3.8, 4) is 0 Å². The van der Waals surface area contributed by atoms with Gasteiger partial charge in [-0.1, -0.05) is 28.1 Å². The summed E-state index contributed by atoms with van der Waals surface area (Å²) < 4.78 is 5.52. The molecule has 0 aliphatic carbocycles. The number of halogens is 1. The average Bonchev–Trinajstić information content (AvgIpc) is 2.80. The van der Waals surface area contributed by atoms with Crippen LogP contribution in [0.25, 0.3) is 0 Å². The van der Waals surface area contributed by atoms with Gasteiger partial charge in [-0.25, -0.2) is 0 Å². The van der Waals surface area contributed by atoms with E-state index in [1.54, 1.807) is 0 Å². The fraction of sp³-hybridized carbons (Fsp3) is 0.500.